The Morgan fingerprint density at radius 3 is 2.39 bits per heavy atom. The molecule has 0 unspecified atom stereocenters. The molecule has 1 aliphatic rings. The molecule has 2 N–H and O–H groups in total. The Bertz CT molecular complexity index is 478. The molecule has 0 fully saturated rings. The summed E-state index contributed by atoms with van der Waals surface area (Å²) in [6, 6.07) is 0. The molecule has 0 radical (unpaired) electrons. The Hall–Kier alpha value is -2.62. The third kappa shape index (κ3) is 6.07. The molecule has 0 atom stereocenters. The van der Waals surface area contributed by atoms with Gasteiger partial charge in [-0.25, -0.2) is 4.79 Å². The molecule has 0 saturated carbocycles. The van der Waals surface area contributed by atoms with Crippen LogP contribution < -0.4 is 5.32 Å². The van der Waals surface area contributed by atoms with E-state index in [0.717, 1.165) is 0 Å². The first-order chi connectivity index (χ1) is 8.80. The fourth-order valence-corrected chi connectivity index (χ4v) is 1.03. The van der Waals surface area contributed by atoms with E-state index in [1.807, 2.05) is 30.4 Å². The highest BCUT2D eigenvalue weighted by Crippen LogP contribution is 1.93. The average Bonchev–Trinajstić information content (AvgIpc) is 2.36. The number of nitrogens with one attached hydrogen (secondary N) is 1. The van der Waals surface area contributed by atoms with Gasteiger partial charge >= 0.3 is 5.97 Å². The van der Waals surface area contributed by atoms with Crippen LogP contribution in [0.5, 0.6) is 0 Å². The molecule has 0 aliphatic carbocycles. The van der Waals surface area contributed by atoms with Crippen molar-refractivity contribution in [1.82, 2.24) is 5.32 Å². The maximum atomic E-state index is 10.9. The van der Waals surface area contributed by atoms with Gasteiger partial charge in [0.15, 0.2) is 0 Å². The quantitative estimate of drug-likeness (QED) is 0.741. The second-order valence-corrected chi connectivity index (χ2v) is 3.20. The van der Waals surface area contributed by atoms with Crippen LogP contribution in [0, 0.1) is 0 Å². The zero-order chi connectivity index (χ0) is 13.1. The Balaban J connectivity index is 2.88. The molecule has 92 valence electrons. The summed E-state index contributed by atoms with van der Waals surface area (Å²) in [7, 11) is 0. The van der Waals surface area contributed by atoms with Gasteiger partial charge in [-0.2, -0.15) is 0 Å². The van der Waals surface area contributed by atoms with Crippen LogP contribution in [0.4, 0.5) is 0 Å². The maximum Gasteiger partial charge on any atom is 0.337 e. The summed E-state index contributed by atoms with van der Waals surface area (Å²) in [5, 5.41) is 11.8. The number of aliphatic imine (C=N–C) groups is 1. The van der Waals surface area contributed by atoms with Gasteiger partial charge in [-0.15, -0.1) is 0 Å². The summed E-state index contributed by atoms with van der Waals surface area (Å²) in [5.41, 5.74) is 0.116. The molecule has 1 aliphatic heterocycles. The number of aliphatic carboxylic acids is 1. The van der Waals surface area contributed by atoms with E-state index in [2.05, 4.69) is 10.3 Å². The van der Waals surface area contributed by atoms with E-state index in [9.17, 15) is 4.79 Å². The van der Waals surface area contributed by atoms with Crippen LogP contribution in [0.25, 0.3) is 0 Å². The second kappa shape index (κ2) is 8.52. The number of allylic oxidation sites excluding steroid dienone is 8. The van der Waals surface area contributed by atoms with Gasteiger partial charge in [0.1, 0.15) is 0 Å². The number of rotatable bonds is 1. The van der Waals surface area contributed by atoms with Crippen molar-refractivity contribution in [1.29, 1.82) is 0 Å². The van der Waals surface area contributed by atoms with Crippen molar-refractivity contribution < 1.29 is 9.90 Å². The van der Waals surface area contributed by atoms with Crippen LogP contribution in [0.1, 0.15) is 0 Å². The lowest BCUT2D eigenvalue weighted by Crippen LogP contribution is -2.01. The van der Waals surface area contributed by atoms with E-state index in [-0.39, 0.29) is 5.57 Å². The molecule has 1 heterocycles. The highest BCUT2D eigenvalue weighted by atomic mass is 16.4. The van der Waals surface area contributed by atoms with E-state index >= 15 is 0 Å². The molecule has 1 rings (SSSR count). The summed E-state index contributed by atoms with van der Waals surface area (Å²) in [6.45, 7) is 0. The number of carboxylic acid groups (broad SMARTS) is 1. The van der Waals surface area contributed by atoms with Gasteiger partial charge in [0.25, 0.3) is 0 Å². The standard InChI is InChI=1S/C14H14N2O2/c17-14(18)13-8-6-4-2-1-3-5-7-9-15-10-11-16-12-13/h1-12,15H,(H,17,18). The molecule has 0 aromatic carbocycles. The predicted octanol–water partition coefficient (Wildman–Crippen LogP) is 2.32. The Morgan fingerprint density at radius 1 is 1.00 bits per heavy atom. The molecule has 0 spiro atoms. The van der Waals surface area contributed by atoms with Gasteiger partial charge in [0.05, 0.1) is 5.57 Å². The molecule has 0 aromatic heterocycles. The molecule has 18 heavy (non-hydrogen) atoms. The minimum Gasteiger partial charge on any atom is -0.478 e. The molecule has 4 heteroatoms. The monoisotopic (exact) mass is 242 g/mol. The van der Waals surface area contributed by atoms with E-state index < -0.39 is 5.97 Å². The number of hydrogen-bond acceptors (Lipinski definition) is 3. The molecule has 0 amide bonds. The van der Waals surface area contributed by atoms with Gasteiger partial charge in [-0.05, 0) is 12.2 Å². The van der Waals surface area contributed by atoms with Crippen molar-refractivity contribution in [2.75, 3.05) is 0 Å². The fraction of sp³-hybridized carbons (Fsp3) is 0. The van der Waals surface area contributed by atoms with Crippen molar-refractivity contribution in [2.24, 2.45) is 4.99 Å². The lowest BCUT2D eigenvalue weighted by atomic mass is 10.2. The molecular weight excluding hydrogens is 228 g/mol. The molecule has 4 nitrogen and oxygen atoms in total. The van der Waals surface area contributed by atoms with E-state index in [1.165, 1.54) is 18.5 Å². The summed E-state index contributed by atoms with van der Waals surface area (Å²) < 4.78 is 0. The van der Waals surface area contributed by atoms with Crippen molar-refractivity contribution in [3.63, 3.8) is 0 Å². The number of carbonyl (C=O) groups is 1. The van der Waals surface area contributed by atoms with Crippen LogP contribution >= 0.6 is 0 Å². The van der Waals surface area contributed by atoms with E-state index in [4.69, 9.17) is 5.11 Å². The van der Waals surface area contributed by atoms with Crippen LogP contribution in [0.15, 0.2) is 77.8 Å². The lowest BCUT2D eigenvalue weighted by molar-refractivity contribution is -0.132. The first kappa shape index (κ1) is 13.4. The van der Waals surface area contributed by atoms with Crippen molar-refractivity contribution >= 4 is 12.2 Å². The highest BCUT2D eigenvalue weighted by Gasteiger charge is 2.00. The van der Waals surface area contributed by atoms with Crippen molar-refractivity contribution in [3.8, 4) is 0 Å². The van der Waals surface area contributed by atoms with Crippen LogP contribution in [-0.4, -0.2) is 17.3 Å². The third-order valence-corrected chi connectivity index (χ3v) is 1.85. The van der Waals surface area contributed by atoms with Crippen LogP contribution in [0.3, 0.4) is 0 Å². The smallest absolute Gasteiger partial charge is 0.337 e. The first-order valence-corrected chi connectivity index (χ1v) is 5.35. The van der Waals surface area contributed by atoms with E-state index in [0.29, 0.717) is 0 Å². The Morgan fingerprint density at radius 2 is 1.67 bits per heavy atom. The summed E-state index contributed by atoms with van der Waals surface area (Å²) in [5.74, 6) is -1.02. The largest absolute Gasteiger partial charge is 0.478 e. The minimum atomic E-state index is -1.02. The van der Waals surface area contributed by atoms with Gasteiger partial charge in [-0.3, -0.25) is 4.99 Å². The minimum absolute atomic E-state index is 0.116. The first-order valence-electron chi connectivity index (χ1n) is 5.35. The van der Waals surface area contributed by atoms with E-state index in [1.54, 1.807) is 24.6 Å². The van der Waals surface area contributed by atoms with Gasteiger partial charge in [0.2, 0.25) is 0 Å². The number of nitrogens with zero attached hydrogens (tertiary/aromatic N) is 1. The molecule has 0 aromatic rings. The topological polar surface area (TPSA) is 61.7 Å². The van der Waals surface area contributed by atoms with Crippen LogP contribution in [-0.2, 0) is 4.79 Å². The molecular formula is C14H14N2O2. The maximum absolute atomic E-state index is 10.9. The zero-order valence-corrected chi connectivity index (χ0v) is 9.73. The average molecular weight is 242 g/mol. The predicted molar refractivity (Wildman–Crippen MR) is 73.0 cm³/mol. The lowest BCUT2D eigenvalue weighted by Gasteiger charge is -1.90. The normalized spacial score (nSPS) is 15.7. The van der Waals surface area contributed by atoms with Gasteiger partial charge in [-0.1, -0.05) is 36.5 Å². The number of carboxylic acids is 1. The Kier molecular flexibility index (Phi) is 6.37. The fourth-order valence-electron chi connectivity index (χ4n) is 1.03. The van der Waals surface area contributed by atoms with Crippen molar-refractivity contribution in [2.45, 2.75) is 0 Å². The third-order valence-electron chi connectivity index (χ3n) is 1.85. The number of hydrogen-bond donors (Lipinski definition) is 2. The SMILES string of the molecule is O=C(O)C1=CC=CC=CC=CC=CNC=CN=C1. The van der Waals surface area contributed by atoms with Crippen LogP contribution in [0.2, 0.25) is 0 Å². The summed E-state index contributed by atoms with van der Waals surface area (Å²) in [6.07, 6.45) is 20.2. The molecule has 0 saturated heterocycles. The summed E-state index contributed by atoms with van der Waals surface area (Å²) >= 11 is 0. The highest BCUT2D eigenvalue weighted by molar-refractivity contribution is 6.08. The molecule has 0 bridgehead atoms. The van der Waals surface area contributed by atoms with Crippen molar-refractivity contribution in [3.05, 3.63) is 72.8 Å². The zero-order valence-electron chi connectivity index (χ0n) is 9.73. The van der Waals surface area contributed by atoms with Gasteiger partial charge < -0.3 is 10.4 Å². The summed E-state index contributed by atoms with van der Waals surface area (Å²) in [4.78, 5) is 14.7. The second-order valence-electron chi connectivity index (χ2n) is 3.20. The van der Waals surface area contributed by atoms with Gasteiger partial charge in [0, 0.05) is 24.8 Å². The Labute approximate surface area is 106 Å².